The molecular formula is C11H22N2O2. The van der Waals surface area contributed by atoms with E-state index in [9.17, 15) is 9.90 Å². The second-order valence-corrected chi connectivity index (χ2v) is 4.50. The molecule has 0 aromatic heterocycles. The lowest BCUT2D eigenvalue weighted by atomic mass is 9.80. The molecule has 1 amide bonds. The molecule has 4 nitrogen and oxygen atoms in total. The van der Waals surface area contributed by atoms with Gasteiger partial charge in [0.05, 0.1) is 5.60 Å². The van der Waals surface area contributed by atoms with Crippen LogP contribution < -0.4 is 10.6 Å². The minimum absolute atomic E-state index is 0.0243. The number of hydrogen-bond donors (Lipinski definition) is 3. The van der Waals surface area contributed by atoms with Crippen molar-refractivity contribution in [3.63, 3.8) is 0 Å². The highest BCUT2D eigenvalue weighted by Gasteiger charge is 2.34. The molecule has 1 unspecified atom stereocenters. The first-order chi connectivity index (χ1) is 7.07. The van der Waals surface area contributed by atoms with Gasteiger partial charge in [0, 0.05) is 19.0 Å². The van der Waals surface area contributed by atoms with Crippen molar-refractivity contribution in [1.29, 1.82) is 0 Å². The van der Waals surface area contributed by atoms with E-state index in [2.05, 4.69) is 10.6 Å². The zero-order chi connectivity index (χ0) is 11.3. The zero-order valence-electron chi connectivity index (χ0n) is 9.68. The van der Waals surface area contributed by atoms with Gasteiger partial charge in [0.25, 0.3) is 0 Å². The maximum Gasteiger partial charge on any atom is 0.224 e. The summed E-state index contributed by atoms with van der Waals surface area (Å²) in [4.78, 5) is 11.6. The molecule has 1 rings (SSSR count). The van der Waals surface area contributed by atoms with Crippen LogP contribution in [0.4, 0.5) is 0 Å². The molecule has 0 saturated heterocycles. The van der Waals surface area contributed by atoms with Gasteiger partial charge < -0.3 is 15.7 Å². The average Bonchev–Trinajstić information content (AvgIpc) is 2.19. The van der Waals surface area contributed by atoms with Gasteiger partial charge in [-0.3, -0.25) is 4.79 Å². The molecule has 0 heterocycles. The van der Waals surface area contributed by atoms with E-state index in [4.69, 9.17) is 0 Å². The van der Waals surface area contributed by atoms with Gasteiger partial charge in [-0.1, -0.05) is 13.8 Å². The van der Waals surface area contributed by atoms with Gasteiger partial charge >= 0.3 is 0 Å². The zero-order valence-corrected chi connectivity index (χ0v) is 9.68. The lowest BCUT2D eigenvalue weighted by molar-refractivity contribution is -0.126. The highest BCUT2D eigenvalue weighted by Crippen LogP contribution is 2.30. The quantitative estimate of drug-likeness (QED) is 0.594. The molecule has 1 saturated carbocycles. The van der Waals surface area contributed by atoms with Gasteiger partial charge in [-0.2, -0.15) is 0 Å². The maximum absolute atomic E-state index is 11.6. The molecule has 1 atom stereocenters. The molecule has 3 N–H and O–H groups in total. The van der Waals surface area contributed by atoms with Crippen LogP contribution in [0.25, 0.3) is 0 Å². The fourth-order valence-corrected chi connectivity index (χ4v) is 1.64. The van der Waals surface area contributed by atoms with Crippen molar-refractivity contribution in [2.24, 2.45) is 5.92 Å². The van der Waals surface area contributed by atoms with Crippen molar-refractivity contribution in [2.75, 3.05) is 19.6 Å². The third kappa shape index (κ3) is 3.80. The summed E-state index contributed by atoms with van der Waals surface area (Å²) in [5.41, 5.74) is -0.617. The predicted molar refractivity (Wildman–Crippen MR) is 59.5 cm³/mol. The molecule has 0 bridgehead atoms. The van der Waals surface area contributed by atoms with Crippen LogP contribution in [0.15, 0.2) is 0 Å². The van der Waals surface area contributed by atoms with Crippen molar-refractivity contribution in [3.8, 4) is 0 Å². The van der Waals surface area contributed by atoms with Crippen LogP contribution in [-0.4, -0.2) is 36.2 Å². The van der Waals surface area contributed by atoms with Crippen molar-refractivity contribution >= 4 is 5.91 Å². The summed E-state index contributed by atoms with van der Waals surface area (Å²) in [5.74, 6) is -0.00935. The average molecular weight is 214 g/mol. The van der Waals surface area contributed by atoms with E-state index in [-0.39, 0.29) is 11.8 Å². The molecule has 1 aliphatic rings. The molecule has 1 fully saturated rings. The molecule has 0 aromatic rings. The minimum Gasteiger partial charge on any atom is -0.388 e. The Hall–Kier alpha value is -0.610. The number of carbonyl (C=O) groups excluding carboxylic acids is 1. The van der Waals surface area contributed by atoms with Crippen molar-refractivity contribution in [1.82, 2.24) is 10.6 Å². The molecule has 0 spiro atoms. The van der Waals surface area contributed by atoms with Crippen LogP contribution in [0.3, 0.4) is 0 Å². The number of rotatable bonds is 6. The molecule has 4 heteroatoms. The Kier molecular flexibility index (Phi) is 4.54. The molecular weight excluding hydrogens is 192 g/mol. The van der Waals surface area contributed by atoms with E-state index in [0.29, 0.717) is 13.1 Å². The highest BCUT2D eigenvalue weighted by molar-refractivity contribution is 5.78. The molecule has 15 heavy (non-hydrogen) atoms. The Morgan fingerprint density at radius 2 is 2.20 bits per heavy atom. The standard InChI is InChI=1S/C11H22N2O2/c1-3-12-7-9(2)10(14)13-8-11(15)5-4-6-11/h9,12,15H,3-8H2,1-2H3,(H,13,14). The SMILES string of the molecule is CCNCC(C)C(=O)NCC1(O)CCC1. The van der Waals surface area contributed by atoms with Crippen LogP contribution >= 0.6 is 0 Å². The minimum atomic E-state index is -0.617. The monoisotopic (exact) mass is 214 g/mol. The van der Waals surface area contributed by atoms with Gasteiger partial charge in [-0.15, -0.1) is 0 Å². The fraction of sp³-hybridized carbons (Fsp3) is 0.909. The maximum atomic E-state index is 11.6. The summed E-state index contributed by atoms with van der Waals surface area (Å²) >= 11 is 0. The number of nitrogens with one attached hydrogen (secondary N) is 2. The van der Waals surface area contributed by atoms with Gasteiger partial charge in [-0.25, -0.2) is 0 Å². The first-order valence-electron chi connectivity index (χ1n) is 5.78. The number of aliphatic hydroxyl groups is 1. The molecule has 88 valence electrons. The Morgan fingerprint density at radius 1 is 1.53 bits per heavy atom. The smallest absolute Gasteiger partial charge is 0.224 e. The highest BCUT2D eigenvalue weighted by atomic mass is 16.3. The summed E-state index contributed by atoms with van der Waals surface area (Å²) in [6.07, 6.45) is 2.70. The van der Waals surface area contributed by atoms with E-state index >= 15 is 0 Å². The van der Waals surface area contributed by atoms with Gasteiger partial charge in [-0.05, 0) is 25.8 Å². The predicted octanol–water partition coefficient (Wildman–Crippen LogP) is 0.263. The fourth-order valence-electron chi connectivity index (χ4n) is 1.64. The lowest BCUT2D eigenvalue weighted by Crippen LogP contribution is -2.49. The van der Waals surface area contributed by atoms with Crippen LogP contribution in [0.2, 0.25) is 0 Å². The second-order valence-electron chi connectivity index (χ2n) is 4.50. The summed E-state index contributed by atoms with van der Waals surface area (Å²) in [6, 6.07) is 0. The topological polar surface area (TPSA) is 61.4 Å². The molecule has 0 radical (unpaired) electrons. The van der Waals surface area contributed by atoms with Crippen LogP contribution in [0.5, 0.6) is 0 Å². The summed E-state index contributed by atoms with van der Waals surface area (Å²) in [6.45, 7) is 5.88. The van der Waals surface area contributed by atoms with E-state index in [0.717, 1.165) is 25.8 Å². The Balaban J connectivity index is 2.17. The second kappa shape index (κ2) is 5.47. The van der Waals surface area contributed by atoms with Gasteiger partial charge in [0.15, 0.2) is 0 Å². The number of hydrogen-bond acceptors (Lipinski definition) is 3. The normalized spacial score (nSPS) is 20.5. The number of carbonyl (C=O) groups is 1. The van der Waals surface area contributed by atoms with Crippen molar-refractivity contribution in [3.05, 3.63) is 0 Å². The van der Waals surface area contributed by atoms with Crippen LogP contribution in [-0.2, 0) is 4.79 Å². The van der Waals surface area contributed by atoms with Crippen molar-refractivity contribution in [2.45, 2.75) is 38.7 Å². The third-order valence-corrected chi connectivity index (χ3v) is 3.02. The molecule has 0 aliphatic heterocycles. The lowest BCUT2D eigenvalue weighted by Gasteiger charge is -2.36. The Bertz CT molecular complexity index is 215. The molecule has 1 aliphatic carbocycles. The summed E-state index contributed by atoms with van der Waals surface area (Å²) in [5, 5.41) is 15.7. The van der Waals surface area contributed by atoms with E-state index in [1.54, 1.807) is 0 Å². The Morgan fingerprint density at radius 3 is 2.67 bits per heavy atom. The van der Waals surface area contributed by atoms with E-state index in [1.807, 2.05) is 13.8 Å². The van der Waals surface area contributed by atoms with Crippen LogP contribution in [0.1, 0.15) is 33.1 Å². The first-order valence-corrected chi connectivity index (χ1v) is 5.78. The largest absolute Gasteiger partial charge is 0.388 e. The van der Waals surface area contributed by atoms with Crippen molar-refractivity contribution < 1.29 is 9.90 Å². The van der Waals surface area contributed by atoms with Gasteiger partial charge in [0.1, 0.15) is 0 Å². The first kappa shape index (κ1) is 12.5. The van der Waals surface area contributed by atoms with Gasteiger partial charge in [0.2, 0.25) is 5.91 Å². The Labute approximate surface area is 91.4 Å². The molecule has 0 aromatic carbocycles. The van der Waals surface area contributed by atoms with E-state index < -0.39 is 5.60 Å². The summed E-state index contributed by atoms with van der Waals surface area (Å²) < 4.78 is 0. The summed E-state index contributed by atoms with van der Waals surface area (Å²) in [7, 11) is 0. The number of amides is 1. The van der Waals surface area contributed by atoms with E-state index in [1.165, 1.54) is 0 Å². The third-order valence-electron chi connectivity index (χ3n) is 3.02. The van der Waals surface area contributed by atoms with Crippen LogP contribution in [0, 0.1) is 5.92 Å².